The number of carbonyl (C=O) groups is 2. The number of likely N-dealkylation sites (N-methyl/N-ethyl adjacent to an activating group) is 1. The van der Waals surface area contributed by atoms with Crippen LogP contribution in [0.15, 0.2) is 24.3 Å². The summed E-state index contributed by atoms with van der Waals surface area (Å²) in [5.74, 6) is 0.956. The smallest absolute Gasteiger partial charge is 0.236 e. The quantitative estimate of drug-likeness (QED) is 0.804. The zero-order valence-electron chi connectivity index (χ0n) is 15.7. The molecule has 26 heavy (non-hydrogen) atoms. The number of benzene rings is 1. The molecule has 1 atom stereocenters. The summed E-state index contributed by atoms with van der Waals surface area (Å²) in [5.41, 5.74) is 0.206. The lowest BCUT2D eigenvalue weighted by Crippen LogP contribution is -2.44. The molecular formula is C20H28N2O4. The zero-order valence-corrected chi connectivity index (χ0v) is 15.7. The van der Waals surface area contributed by atoms with E-state index < -0.39 is 5.60 Å². The topological polar surface area (TPSA) is 59.1 Å². The van der Waals surface area contributed by atoms with E-state index in [1.165, 1.54) is 0 Å². The second-order valence-corrected chi connectivity index (χ2v) is 7.35. The van der Waals surface area contributed by atoms with E-state index in [0.29, 0.717) is 43.9 Å². The van der Waals surface area contributed by atoms with Crippen molar-refractivity contribution < 1.29 is 19.1 Å². The number of fused-ring (bicyclic) bond motifs is 1. The van der Waals surface area contributed by atoms with Crippen molar-refractivity contribution in [2.45, 2.75) is 31.3 Å². The van der Waals surface area contributed by atoms with Crippen LogP contribution >= 0.6 is 0 Å². The maximum atomic E-state index is 12.6. The van der Waals surface area contributed by atoms with Crippen molar-refractivity contribution in [3.63, 3.8) is 0 Å². The van der Waals surface area contributed by atoms with Gasteiger partial charge in [0, 0.05) is 33.2 Å². The first kappa shape index (κ1) is 18.9. The number of nitrogens with zero attached hydrogens (tertiary/aromatic N) is 2. The summed E-state index contributed by atoms with van der Waals surface area (Å²) in [5, 5.41) is 0. The van der Waals surface area contributed by atoms with Gasteiger partial charge in [0.2, 0.25) is 5.91 Å². The van der Waals surface area contributed by atoms with Gasteiger partial charge < -0.3 is 14.4 Å². The predicted octanol–water partition coefficient (Wildman–Crippen LogP) is 1.98. The van der Waals surface area contributed by atoms with Crippen molar-refractivity contribution in [3.05, 3.63) is 29.8 Å². The van der Waals surface area contributed by atoms with Crippen LogP contribution in [0, 0.1) is 0 Å². The van der Waals surface area contributed by atoms with Crippen LogP contribution in [-0.2, 0) is 9.53 Å². The first-order valence-electron chi connectivity index (χ1n) is 9.29. The average Bonchev–Trinajstić information content (AvgIpc) is 2.82. The van der Waals surface area contributed by atoms with Crippen molar-refractivity contribution in [1.82, 2.24) is 9.80 Å². The zero-order chi connectivity index (χ0) is 18.6. The molecule has 1 fully saturated rings. The minimum atomic E-state index is -0.470. The summed E-state index contributed by atoms with van der Waals surface area (Å²) in [4.78, 5) is 29.0. The predicted molar refractivity (Wildman–Crippen MR) is 98.6 cm³/mol. The maximum Gasteiger partial charge on any atom is 0.236 e. The fraction of sp³-hybridized carbons (Fsp3) is 0.600. The van der Waals surface area contributed by atoms with Crippen LogP contribution in [0.25, 0.3) is 0 Å². The van der Waals surface area contributed by atoms with Gasteiger partial charge in [-0.3, -0.25) is 14.5 Å². The molecule has 2 aliphatic rings. The Morgan fingerprint density at radius 3 is 2.92 bits per heavy atom. The number of methoxy groups -OCH3 is 1. The summed E-state index contributed by atoms with van der Waals surface area (Å²) in [6, 6.07) is 7.46. The van der Waals surface area contributed by atoms with E-state index >= 15 is 0 Å². The largest absolute Gasteiger partial charge is 0.486 e. The number of hydrogen-bond donors (Lipinski definition) is 0. The van der Waals surface area contributed by atoms with Crippen LogP contribution in [0.5, 0.6) is 5.75 Å². The Morgan fingerprint density at radius 1 is 1.31 bits per heavy atom. The molecule has 2 heterocycles. The number of rotatable bonds is 5. The molecule has 0 aliphatic carbocycles. The third-order valence-corrected chi connectivity index (χ3v) is 5.33. The van der Waals surface area contributed by atoms with Gasteiger partial charge in [-0.1, -0.05) is 12.1 Å². The third kappa shape index (κ3) is 4.24. The Morgan fingerprint density at radius 2 is 2.12 bits per heavy atom. The van der Waals surface area contributed by atoms with Crippen molar-refractivity contribution in [1.29, 1.82) is 0 Å². The van der Waals surface area contributed by atoms with Crippen LogP contribution < -0.4 is 4.74 Å². The van der Waals surface area contributed by atoms with E-state index in [-0.39, 0.29) is 11.7 Å². The lowest BCUT2D eigenvalue weighted by atomic mass is 9.84. The molecule has 1 aromatic rings. The molecule has 1 spiro atoms. The number of para-hydroxylation sites is 1. The van der Waals surface area contributed by atoms with E-state index in [1.54, 1.807) is 7.11 Å². The van der Waals surface area contributed by atoms with E-state index in [2.05, 4.69) is 0 Å². The Hall–Kier alpha value is -1.92. The summed E-state index contributed by atoms with van der Waals surface area (Å²) >= 11 is 0. The minimum absolute atomic E-state index is 0.128. The van der Waals surface area contributed by atoms with Crippen LogP contribution in [0.4, 0.5) is 0 Å². The Balaban J connectivity index is 1.62. The van der Waals surface area contributed by atoms with Gasteiger partial charge in [0.05, 0.1) is 25.1 Å². The van der Waals surface area contributed by atoms with Crippen molar-refractivity contribution in [2.75, 3.05) is 46.9 Å². The highest BCUT2D eigenvalue weighted by Gasteiger charge is 2.41. The highest BCUT2D eigenvalue weighted by molar-refractivity contribution is 6.00. The number of likely N-dealkylation sites (tertiary alicyclic amines) is 1. The number of amides is 1. The number of carbonyl (C=O) groups excluding carboxylic acids is 2. The number of Topliss-reactive ketones (excluding diaryl/α,β-unsaturated/α-hetero) is 1. The molecule has 0 radical (unpaired) electrons. The summed E-state index contributed by atoms with van der Waals surface area (Å²) in [7, 11) is 3.59. The highest BCUT2D eigenvalue weighted by Crippen LogP contribution is 2.39. The Labute approximate surface area is 155 Å². The molecule has 1 amide bonds. The molecule has 1 unspecified atom stereocenters. The van der Waals surface area contributed by atoms with Crippen LogP contribution in [-0.4, -0.2) is 74.0 Å². The van der Waals surface area contributed by atoms with Gasteiger partial charge in [0.1, 0.15) is 11.4 Å². The first-order chi connectivity index (χ1) is 12.5. The number of hydrogen-bond acceptors (Lipinski definition) is 5. The van der Waals surface area contributed by atoms with Crippen molar-refractivity contribution in [3.8, 4) is 5.75 Å². The van der Waals surface area contributed by atoms with Crippen molar-refractivity contribution in [2.24, 2.45) is 0 Å². The minimum Gasteiger partial charge on any atom is -0.486 e. The molecule has 0 N–H and O–H groups in total. The van der Waals surface area contributed by atoms with Gasteiger partial charge in [0.15, 0.2) is 5.78 Å². The van der Waals surface area contributed by atoms with Gasteiger partial charge in [0.25, 0.3) is 0 Å². The fourth-order valence-corrected chi connectivity index (χ4v) is 3.80. The van der Waals surface area contributed by atoms with Crippen LogP contribution in [0.3, 0.4) is 0 Å². The van der Waals surface area contributed by atoms with Crippen LogP contribution in [0.2, 0.25) is 0 Å². The normalized spacial score (nSPS) is 22.9. The molecule has 6 heteroatoms. The van der Waals surface area contributed by atoms with Gasteiger partial charge in [-0.25, -0.2) is 0 Å². The molecule has 0 aromatic heterocycles. The summed E-state index contributed by atoms with van der Waals surface area (Å²) < 4.78 is 11.3. The van der Waals surface area contributed by atoms with E-state index in [0.717, 1.165) is 25.9 Å². The molecule has 142 valence electrons. The molecule has 6 nitrogen and oxygen atoms in total. The van der Waals surface area contributed by atoms with Crippen molar-refractivity contribution >= 4 is 11.7 Å². The molecule has 1 saturated heterocycles. The summed E-state index contributed by atoms with van der Waals surface area (Å²) in [6.07, 6.45) is 2.75. The van der Waals surface area contributed by atoms with Gasteiger partial charge in [-0.15, -0.1) is 0 Å². The number of ketones is 1. The lowest BCUT2D eigenvalue weighted by molar-refractivity contribution is -0.132. The lowest BCUT2D eigenvalue weighted by Gasteiger charge is -2.37. The average molecular weight is 360 g/mol. The first-order valence-corrected chi connectivity index (χ1v) is 9.29. The Bertz CT molecular complexity index is 663. The fourth-order valence-electron chi connectivity index (χ4n) is 3.80. The summed E-state index contributed by atoms with van der Waals surface area (Å²) in [6.45, 7) is 3.08. The van der Waals surface area contributed by atoms with Gasteiger partial charge >= 0.3 is 0 Å². The Kier molecular flexibility index (Phi) is 5.94. The molecule has 1 aromatic carbocycles. The van der Waals surface area contributed by atoms with Crippen LogP contribution in [0.1, 0.15) is 36.0 Å². The maximum absolute atomic E-state index is 12.6. The molecule has 0 bridgehead atoms. The highest BCUT2D eigenvalue weighted by atomic mass is 16.5. The standard InChI is InChI=1S/C20H28N2O4/c1-21(12-13-25-2)15-19(24)22-10-5-8-20(9-11-22)14-17(23)16-6-3-4-7-18(16)26-20/h3-4,6-7H,5,8-15H2,1-2H3. The molecule has 3 rings (SSSR count). The molecular weight excluding hydrogens is 332 g/mol. The third-order valence-electron chi connectivity index (χ3n) is 5.33. The molecule has 0 saturated carbocycles. The van der Waals surface area contributed by atoms with E-state index in [1.807, 2.05) is 41.1 Å². The van der Waals surface area contributed by atoms with Gasteiger partial charge in [-0.2, -0.15) is 0 Å². The van der Waals surface area contributed by atoms with E-state index in [9.17, 15) is 9.59 Å². The van der Waals surface area contributed by atoms with Gasteiger partial charge in [-0.05, 0) is 32.0 Å². The monoisotopic (exact) mass is 360 g/mol. The van der Waals surface area contributed by atoms with E-state index in [4.69, 9.17) is 9.47 Å². The second kappa shape index (κ2) is 8.18. The second-order valence-electron chi connectivity index (χ2n) is 7.35. The SMILES string of the molecule is COCCN(C)CC(=O)N1CCCC2(CC1)CC(=O)c1ccccc1O2. The molecule has 2 aliphatic heterocycles. The number of ether oxygens (including phenoxy) is 2.